The lowest BCUT2D eigenvalue weighted by molar-refractivity contribution is 0.390. The van der Waals surface area contributed by atoms with E-state index in [1.54, 1.807) is 0 Å². The Bertz CT molecular complexity index is 1520. The first kappa shape index (κ1) is 31.3. The fraction of sp³-hybridized carbons (Fsp3) is 0.350. The molecule has 0 amide bonds. The summed E-state index contributed by atoms with van der Waals surface area (Å²) in [4.78, 5) is 10.1. The van der Waals surface area contributed by atoms with Crippen LogP contribution in [0, 0.1) is 0 Å². The average molecular weight is 587 g/mol. The molecule has 0 spiro atoms. The second kappa shape index (κ2) is 12.8. The molecule has 4 nitrogen and oxygen atoms in total. The van der Waals surface area contributed by atoms with Gasteiger partial charge in [-0.3, -0.25) is 9.98 Å². The molecule has 1 aliphatic rings. The molecule has 0 heterocycles. The maximum atomic E-state index is 11.4. The van der Waals surface area contributed by atoms with Crippen LogP contribution in [0.4, 0.5) is 0 Å². The fourth-order valence-corrected chi connectivity index (χ4v) is 5.84. The smallest absolute Gasteiger partial charge is 0.132 e. The summed E-state index contributed by atoms with van der Waals surface area (Å²) in [6, 6.07) is 28.4. The van der Waals surface area contributed by atoms with Crippen LogP contribution < -0.4 is 0 Å². The molecule has 1 saturated carbocycles. The SMILES string of the molecule is CC(C)(C)c1cc(C=NC2CCCCC2N=Cc2cc(C(C)(C)C)cc(-c3ccccc3)c2O)c(O)c(-c2ccccc2)c1. The van der Waals surface area contributed by atoms with Crippen LogP contribution in [0.25, 0.3) is 22.3 Å². The van der Waals surface area contributed by atoms with E-state index in [1.165, 1.54) is 0 Å². The molecule has 5 rings (SSSR count). The van der Waals surface area contributed by atoms with E-state index < -0.39 is 0 Å². The number of phenolic OH excluding ortho intramolecular Hbond substituents is 2. The molecular formula is C40H46N2O2. The topological polar surface area (TPSA) is 65.2 Å². The highest BCUT2D eigenvalue weighted by molar-refractivity contribution is 5.90. The van der Waals surface area contributed by atoms with E-state index in [9.17, 15) is 10.2 Å². The number of hydrogen-bond donors (Lipinski definition) is 2. The van der Waals surface area contributed by atoms with Gasteiger partial charge in [-0.1, -0.05) is 115 Å². The first-order valence-electron chi connectivity index (χ1n) is 15.8. The highest BCUT2D eigenvalue weighted by Gasteiger charge is 2.25. The molecule has 2 atom stereocenters. The van der Waals surface area contributed by atoms with Crippen molar-refractivity contribution < 1.29 is 10.2 Å². The van der Waals surface area contributed by atoms with Crippen molar-refractivity contribution in [1.82, 2.24) is 0 Å². The van der Waals surface area contributed by atoms with E-state index in [1.807, 2.05) is 73.1 Å². The summed E-state index contributed by atoms with van der Waals surface area (Å²) >= 11 is 0. The third kappa shape index (κ3) is 7.13. The van der Waals surface area contributed by atoms with Gasteiger partial charge in [-0.25, -0.2) is 0 Å². The molecule has 4 aromatic carbocycles. The molecule has 0 bridgehead atoms. The third-order valence-electron chi connectivity index (χ3n) is 8.68. The fourth-order valence-electron chi connectivity index (χ4n) is 5.84. The predicted octanol–water partition coefficient (Wildman–Crippen LogP) is 9.88. The van der Waals surface area contributed by atoms with Crippen molar-refractivity contribution in [3.05, 3.63) is 107 Å². The predicted molar refractivity (Wildman–Crippen MR) is 186 cm³/mol. The summed E-state index contributed by atoms with van der Waals surface area (Å²) in [7, 11) is 0. The summed E-state index contributed by atoms with van der Waals surface area (Å²) in [5, 5.41) is 22.7. The maximum absolute atomic E-state index is 11.4. The quantitative estimate of drug-likeness (QED) is 0.221. The minimum Gasteiger partial charge on any atom is -0.507 e. The van der Waals surface area contributed by atoms with Crippen molar-refractivity contribution in [2.75, 3.05) is 0 Å². The number of rotatable bonds is 6. The molecule has 4 aromatic rings. The summed E-state index contributed by atoms with van der Waals surface area (Å²) in [6.07, 6.45) is 7.77. The number of phenols is 2. The second-order valence-corrected chi connectivity index (χ2v) is 14.1. The van der Waals surface area contributed by atoms with E-state index in [0.717, 1.165) is 70.2 Å². The second-order valence-electron chi connectivity index (χ2n) is 14.1. The summed E-state index contributed by atoms with van der Waals surface area (Å²) in [5.41, 5.74) is 7.20. The van der Waals surface area contributed by atoms with Gasteiger partial charge in [-0.05, 0) is 70.2 Å². The van der Waals surface area contributed by atoms with Crippen molar-refractivity contribution in [1.29, 1.82) is 0 Å². The molecule has 0 aliphatic heterocycles. The molecule has 1 aliphatic carbocycles. The van der Waals surface area contributed by atoms with E-state index >= 15 is 0 Å². The van der Waals surface area contributed by atoms with Crippen molar-refractivity contribution in [2.24, 2.45) is 9.98 Å². The van der Waals surface area contributed by atoms with Crippen LogP contribution >= 0.6 is 0 Å². The molecule has 2 N–H and O–H groups in total. The highest BCUT2D eigenvalue weighted by Crippen LogP contribution is 2.38. The molecule has 0 aromatic heterocycles. The molecule has 44 heavy (non-hydrogen) atoms. The Balaban J connectivity index is 1.48. The van der Waals surface area contributed by atoms with E-state index in [0.29, 0.717) is 0 Å². The number of hydrogen-bond acceptors (Lipinski definition) is 4. The molecule has 0 saturated heterocycles. The molecule has 0 radical (unpaired) electrons. The van der Waals surface area contributed by atoms with Gasteiger partial charge >= 0.3 is 0 Å². The molecule has 228 valence electrons. The van der Waals surface area contributed by atoms with Gasteiger partial charge in [0.1, 0.15) is 11.5 Å². The Labute approximate surface area is 263 Å². The molecule has 4 heteroatoms. The zero-order valence-electron chi connectivity index (χ0n) is 27.0. The van der Waals surface area contributed by atoms with Gasteiger partial charge in [0, 0.05) is 34.7 Å². The summed E-state index contributed by atoms with van der Waals surface area (Å²) < 4.78 is 0. The van der Waals surface area contributed by atoms with Crippen LogP contribution in [-0.4, -0.2) is 34.7 Å². The zero-order valence-corrected chi connectivity index (χ0v) is 27.0. The van der Waals surface area contributed by atoms with Crippen LogP contribution in [-0.2, 0) is 10.8 Å². The number of aliphatic imine (C=N–C) groups is 2. The standard InChI is InChI=1S/C40H46N2O2/c1-39(2,3)31-21-29(37(43)33(23-31)27-15-9-7-10-16-27)25-41-35-19-13-14-20-36(35)42-26-30-22-32(40(4,5)6)24-34(38(30)44)28-17-11-8-12-18-28/h7-12,15-18,21-26,35-36,43-44H,13-14,19-20H2,1-6H3. The van der Waals surface area contributed by atoms with Crippen molar-refractivity contribution in [3.8, 4) is 33.8 Å². The van der Waals surface area contributed by atoms with E-state index in [2.05, 4.69) is 65.8 Å². The van der Waals surface area contributed by atoms with Crippen LogP contribution in [0.2, 0.25) is 0 Å². The first-order chi connectivity index (χ1) is 20.9. The summed E-state index contributed by atoms with van der Waals surface area (Å²) in [6.45, 7) is 13.1. The van der Waals surface area contributed by atoms with Crippen LogP contribution in [0.3, 0.4) is 0 Å². The Morgan fingerprint density at radius 3 is 1.27 bits per heavy atom. The van der Waals surface area contributed by atoms with Gasteiger partial charge in [0.15, 0.2) is 0 Å². The van der Waals surface area contributed by atoms with Crippen molar-refractivity contribution in [3.63, 3.8) is 0 Å². The van der Waals surface area contributed by atoms with Gasteiger partial charge < -0.3 is 10.2 Å². The number of nitrogens with zero attached hydrogens (tertiary/aromatic N) is 2. The minimum atomic E-state index is -0.0836. The average Bonchev–Trinajstić information content (AvgIpc) is 3.00. The zero-order chi connectivity index (χ0) is 31.5. The monoisotopic (exact) mass is 586 g/mol. The van der Waals surface area contributed by atoms with Gasteiger partial charge in [-0.15, -0.1) is 0 Å². The molecule has 2 unspecified atom stereocenters. The van der Waals surface area contributed by atoms with Crippen LogP contribution in [0.15, 0.2) is 94.9 Å². The maximum Gasteiger partial charge on any atom is 0.132 e. The van der Waals surface area contributed by atoms with Crippen LogP contribution in [0.5, 0.6) is 11.5 Å². The normalized spacial score (nSPS) is 17.9. The van der Waals surface area contributed by atoms with Crippen molar-refractivity contribution in [2.45, 2.75) is 90.1 Å². The largest absolute Gasteiger partial charge is 0.507 e. The number of benzene rings is 4. The van der Waals surface area contributed by atoms with Gasteiger partial charge in [0.2, 0.25) is 0 Å². The van der Waals surface area contributed by atoms with Crippen LogP contribution in [0.1, 0.15) is 89.5 Å². The minimum absolute atomic E-state index is 0.000552. The molecule has 1 fully saturated rings. The van der Waals surface area contributed by atoms with E-state index in [-0.39, 0.29) is 34.4 Å². The Morgan fingerprint density at radius 2 is 0.932 bits per heavy atom. The Hall–Kier alpha value is -4.18. The first-order valence-corrected chi connectivity index (χ1v) is 15.8. The third-order valence-corrected chi connectivity index (χ3v) is 8.68. The molecular weight excluding hydrogens is 540 g/mol. The van der Waals surface area contributed by atoms with Gasteiger partial charge in [0.05, 0.1) is 12.1 Å². The summed E-state index contributed by atoms with van der Waals surface area (Å²) in [5.74, 6) is 0.502. The lowest BCUT2D eigenvalue weighted by atomic mass is 9.83. The van der Waals surface area contributed by atoms with Gasteiger partial charge in [-0.2, -0.15) is 0 Å². The lowest BCUT2D eigenvalue weighted by Gasteiger charge is -2.26. The lowest BCUT2D eigenvalue weighted by Crippen LogP contribution is -2.27. The highest BCUT2D eigenvalue weighted by atomic mass is 16.3. The Morgan fingerprint density at radius 1 is 0.568 bits per heavy atom. The van der Waals surface area contributed by atoms with E-state index in [4.69, 9.17) is 9.98 Å². The Kier molecular flexibility index (Phi) is 9.10. The van der Waals surface area contributed by atoms with Crippen molar-refractivity contribution >= 4 is 12.4 Å². The van der Waals surface area contributed by atoms with Gasteiger partial charge in [0.25, 0.3) is 0 Å². The number of aromatic hydroxyl groups is 2.